The summed E-state index contributed by atoms with van der Waals surface area (Å²) in [7, 11) is 2.05. The summed E-state index contributed by atoms with van der Waals surface area (Å²) in [4.78, 5) is 8.33. The lowest BCUT2D eigenvalue weighted by atomic mass is 9.91. The first-order valence-electron chi connectivity index (χ1n) is 6.00. The van der Waals surface area contributed by atoms with Gasteiger partial charge in [-0.3, -0.25) is 0 Å². The monoisotopic (exact) mass is 220 g/mol. The lowest BCUT2D eigenvalue weighted by Gasteiger charge is -2.29. The number of rotatable bonds is 3. The Kier molecular flexibility index (Phi) is 3.72. The van der Waals surface area contributed by atoms with Gasteiger partial charge >= 0.3 is 0 Å². The third-order valence-corrected chi connectivity index (χ3v) is 3.29. The fourth-order valence-electron chi connectivity index (χ4n) is 2.27. The van der Waals surface area contributed by atoms with Gasteiger partial charge in [0, 0.05) is 23.8 Å². The minimum absolute atomic E-state index is 0.568. The standard InChI is InChI=1S/C12H20N4/c1-9-7-12(15-8-14-9)16-11-5-3-10(13-2)4-6-11/h7-8,10-11,13H,3-6H2,1-2H3,(H,14,15,16)/t10-,11-. The van der Waals surface area contributed by atoms with Crippen LogP contribution in [0.4, 0.5) is 5.82 Å². The second kappa shape index (κ2) is 5.25. The fraction of sp³-hybridized carbons (Fsp3) is 0.667. The van der Waals surface area contributed by atoms with E-state index >= 15 is 0 Å². The molecule has 0 spiro atoms. The van der Waals surface area contributed by atoms with Gasteiger partial charge in [-0.1, -0.05) is 0 Å². The van der Waals surface area contributed by atoms with E-state index < -0.39 is 0 Å². The lowest BCUT2D eigenvalue weighted by Crippen LogP contribution is -2.35. The van der Waals surface area contributed by atoms with E-state index in [-0.39, 0.29) is 0 Å². The zero-order valence-electron chi connectivity index (χ0n) is 10.0. The highest BCUT2D eigenvalue weighted by Gasteiger charge is 2.19. The molecule has 1 aromatic heterocycles. The Morgan fingerprint density at radius 3 is 2.44 bits per heavy atom. The Bertz CT molecular complexity index is 332. The van der Waals surface area contributed by atoms with Crippen LogP contribution in [0.1, 0.15) is 31.4 Å². The zero-order valence-corrected chi connectivity index (χ0v) is 10.0. The molecule has 16 heavy (non-hydrogen) atoms. The maximum absolute atomic E-state index is 4.24. The Balaban J connectivity index is 1.87. The van der Waals surface area contributed by atoms with Crippen LogP contribution in [0.3, 0.4) is 0 Å². The number of aromatic nitrogens is 2. The number of nitrogens with one attached hydrogen (secondary N) is 2. The van der Waals surface area contributed by atoms with E-state index in [1.165, 1.54) is 25.7 Å². The molecular weight excluding hydrogens is 200 g/mol. The quantitative estimate of drug-likeness (QED) is 0.814. The molecule has 2 N–H and O–H groups in total. The molecule has 0 aliphatic heterocycles. The van der Waals surface area contributed by atoms with Crippen LogP contribution in [-0.2, 0) is 0 Å². The van der Waals surface area contributed by atoms with Crippen molar-refractivity contribution in [3.63, 3.8) is 0 Å². The average Bonchev–Trinajstić information content (AvgIpc) is 2.30. The van der Waals surface area contributed by atoms with E-state index in [4.69, 9.17) is 0 Å². The first-order valence-corrected chi connectivity index (χ1v) is 6.00. The van der Waals surface area contributed by atoms with Crippen LogP contribution in [0.2, 0.25) is 0 Å². The Hall–Kier alpha value is -1.16. The molecule has 0 radical (unpaired) electrons. The van der Waals surface area contributed by atoms with Gasteiger partial charge in [0.2, 0.25) is 0 Å². The number of hydrogen-bond donors (Lipinski definition) is 2. The predicted molar refractivity (Wildman–Crippen MR) is 65.5 cm³/mol. The van der Waals surface area contributed by atoms with Crippen molar-refractivity contribution >= 4 is 5.82 Å². The maximum atomic E-state index is 4.24. The predicted octanol–water partition coefficient (Wildman–Crippen LogP) is 1.73. The molecule has 2 rings (SSSR count). The molecular formula is C12H20N4. The minimum Gasteiger partial charge on any atom is -0.367 e. The van der Waals surface area contributed by atoms with Crippen molar-refractivity contribution in [2.75, 3.05) is 12.4 Å². The molecule has 1 aliphatic rings. The molecule has 0 bridgehead atoms. The van der Waals surface area contributed by atoms with Crippen molar-refractivity contribution < 1.29 is 0 Å². The molecule has 4 nitrogen and oxygen atoms in total. The van der Waals surface area contributed by atoms with Crippen LogP contribution in [0.5, 0.6) is 0 Å². The lowest BCUT2D eigenvalue weighted by molar-refractivity contribution is 0.371. The summed E-state index contributed by atoms with van der Waals surface area (Å²) < 4.78 is 0. The summed E-state index contributed by atoms with van der Waals surface area (Å²) in [6.07, 6.45) is 6.55. The van der Waals surface area contributed by atoms with Crippen molar-refractivity contribution in [1.82, 2.24) is 15.3 Å². The first-order chi connectivity index (χ1) is 7.78. The summed E-state index contributed by atoms with van der Waals surface area (Å²) in [5.41, 5.74) is 1.02. The highest BCUT2D eigenvalue weighted by Crippen LogP contribution is 2.21. The molecule has 1 heterocycles. The highest BCUT2D eigenvalue weighted by atomic mass is 15.0. The van der Waals surface area contributed by atoms with Gasteiger partial charge in [-0.2, -0.15) is 0 Å². The summed E-state index contributed by atoms with van der Waals surface area (Å²) in [5.74, 6) is 0.959. The average molecular weight is 220 g/mol. The van der Waals surface area contributed by atoms with Crippen molar-refractivity contribution in [1.29, 1.82) is 0 Å². The van der Waals surface area contributed by atoms with E-state index in [0.29, 0.717) is 12.1 Å². The van der Waals surface area contributed by atoms with Crippen molar-refractivity contribution in [2.45, 2.75) is 44.7 Å². The summed E-state index contributed by atoms with van der Waals surface area (Å²) in [6, 6.07) is 3.27. The molecule has 1 aromatic rings. The van der Waals surface area contributed by atoms with Gasteiger partial charge < -0.3 is 10.6 Å². The summed E-state index contributed by atoms with van der Waals surface area (Å²) in [6.45, 7) is 1.99. The second-order valence-electron chi connectivity index (χ2n) is 4.53. The van der Waals surface area contributed by atoms with Crippen molar-refractivity contribution in [2.24, 2.45) is 0 Å². The topological polar surface area (TPSA) is 49.8 Å². The van der Waals surface area contributed by atoms with Gasteiger partial charge in [-0.25, -0.2) is 9.97 Å². The fourth-order valence-corrected chi connectivity index (χ4v) is 2.27. The van der Waals surface area contributed by atoms with Crippen molar-refractivity contribution in [3.8, 4) is 0 Å². The highest BCUT2D eigenvalue weighted by molar-refractivity contribution is 5.35. The Morgan fingerprint density at radius 2 is 1.81 bits per heavy atom. The van der Waals surface area contributed by atoms with E-state index in [9.17, 15) is 0 Å². The number of anilines is 1. The molecule has 88 valence electrons. The van der Waals surface area contributed by atoms with Crippen LogP contribution in [0, 0.1) is 6.92 Å². The first kappa shape index (κ1) is 11.3. The van der Waals surface area contributed by atoms with Gasteiger partial charge in [-0.15, -0.1) is 0 Å². The SMILES string of the molecule is CN[C@H]1CC[C@H](Nc2cc(C)ncn2)CC1. The molecule has 0 unspecified atom stereocenters. The largest absolute Gasteiger partial charge is 0.367 e. The Morgan fingerprint density at radius 1 is 1.12 bits per heavy atom. The number of aryl methyl sites for hydroxylation is 1. The molecule has 0 amide bonds. The molecule has 1 aliphatic carbocycles. The second-order valence-corrected chi connectivity index (χ2v) is 4.53. The van der Waals surface area contributed by atoms with E-state index in [1.807, 2.05) is 20.0 Å². The normalized spacial score (nSPS) is 25.4. The van der Waals surface area contributed by atoms with Crippen LogP contribution in [0.15, 0.2) is 12.4 Å². The Labute approximate surface area is 96.9 Å². The minimum atomic E-state index is 0.568. The molecule has 1 saturated carbocycles. The van der Waals surface area contributed by atoms with Gasteiger partial charge in [-0.05, 0) is 39.7 Å². The van der Waals surface area contributed by atoms with Gasteiger partial charge in [0.15, 0.2) is 0 Å². The van der Waals surface area contributed by atoms with Crippen LogP contribution >= 0.6 is 0 Å². The summed E-state index contributed by atoms with van der Waals surface area (Å²) >= 11 is 0. The third kappa shape index (κ3) is 2.92. The van der Waals surface area contributed by atoms with Gasteiger partial charge in [0.1, 0.15) is 12.1 Å². The van der Waals surface area contributed by atoms with Gasteiger partial charge in [0.25, 0.3) is 0 Å². The number of hydrogen-bond acceptors (Lipinski definition) is 4. The van der Waals surface area contributed by atoms with Crippen LogP contribution < -0.4 is 10.6 Å². The van der Waals surface area contributed by atoms with E-state index in [2.05, 4.69) is 20.6 Å². The maximum Gasteiger partial charge on any atom is 0.129 e. The van der Waals surface area contributed by atoms with Crippen LogP contribution in [-0.4, -0.2) is 29.1 Å². The summed E-state index contributed by atoms with van der Waals surface area (Å²) in [5, 5.41) is 6.83. The van der Waals surface area contributed by atoms with E-state index in [0.717, 1.165) is 11.5 Å². The van der Waals surface area contributed by atoms with Crippen LogP contribution in [0.25, 0.3) is 0 Å². The molecule has 0 saturated heterocycles. The number of nitrogens with zero attached hydrogens (tertiary/aromatic N) is 2. The van der Waals surface area contributed by atoms with Gasteiger partial charge in [0.05, 0.1) is 0 Å². The molecule has 4 heteroatoms. The molecule has 0 atom stereocenters. The molecule has 0 aromatic carbocycles. The van der Waals surface area contributed by atoms with Crippen molar-refractivity contribution in [3.05, 3.63) is 18.1 Å². The smallest absolute Gasteiger partial charge is 0.129 e. The third-order valence-electron chi connectivity index (χ3n) is 3.29. The molecule has 1 fully saturated rings. The van der Waals surface area contributed by atoms with E-state index in [1.54, 1.807) is 6.33 Å². The zero-order chi connectivity index (χ0) is 11.4.